The average Bonchev–Trinajstić information content (AvgIpc) is 2.88. The maximum Gasteiger partial charge on any atom is 0.211 e. The molecule has 112 valence electrons. The zero-order valence-corrected chi connectivity index (χ0v) is 12.7. The monoisotopic (exact) mass is 297 g/mol. The molecule has 1 fully saturated rings. The number of nitrogens with zero attached hydrogens (tertiary/aromatic N) is 1. The summed E-state index contributed by atoms with van der Waals surface area (Å²) in [6.07, 6.45) is 7.95. The quantitative estimate of drug-likeness (QED) is 0.754. The lowest BCUT2D eigenvalue weighted by Crippen LogP contribution is -2.32. The number of rotatable bonds is 7. The van der Waals surface area contributed by atoms with Crippen molar-refractivity contribution in [1.82, 2.24) is 9.71 Å². The lowest BCUT2D eigenvalue weighted by molar-refractivity contribution is 0.548. The highest BCUT2D eigenvalue weighted by Gasteiger charge is 2.21. The third kappa shape index (κ3) is 4.76. The second-order valence-corrected chi connectivity index (χ2v) is 7.30. The van der Waals surface area contributed by atoms with E-state index in [0.29, 0.717) is 19.0 Å². The molecule has 0 radical (unpaired) electrons. The van der Waals surface area contributed by atoms with Crippen LogP contribution in [0.5, 0.6) is 0 Å². The van der Waals surface area contributed by atoms with E-state index in [2.05, 4.69) is 15.0 Å². The van der Waals surface area contributed by atoms with Gasteiger partial charge in [-0.1, -0.05) is 12.8 Å². The predicted octanol–water partition coefficient (Wildman–Crippen LogP) is 1.91. The van der Waals surface area contributed by atoms with E-state index in [4.69, 9.17) is 0 Å². The van der Waals surface area contributed by atoms with Crippen LogP contribution in [-0.4, -0.2) is 32.2 Å². The van der Waals surface area contributed by atoms with Crippen molar-refractivity contribution in [3.63, 3.8) is 0 Å². The third-order valence-corrected chi connectivity index (χ3v) is 5.27. The largest absolute Gasteiger partial charge is 0.383 e. The van der Waals surface area contributed by atoms with E-state index in [9.17, 15) is 8.42 Å². The normalized spacial score (nSPS) is 16.4. The molecule has 1 heterocycles. The molecule has 1 saturated carbocycles. The number of aryl methyl sites for hydroxylation is 1. The van der Waals surface area contributed by atoms with Crippen LogP contribution in [0.4, 0.5) is 5.69 Å². The van der Waals surface area contributed by atoms with Gasteiger partial charge in [0.05, 0.1) is 5.75 Å². The molecule has 2 rings (SSSR count). The van der Waals surface area contributed by atoms with Crippen LogP contribution in [0, 0.1) is 12.8 Å². The highest BCUT2D eigenvalue weighted by Crippen LogP contribution is 2.25. The van der Waals surface area contributed by atoms with Crippen LogP contribution >= 0.6 is 0 Å². The summed E-state index contributed by atoms with van der Waals surface area (Å²) < 4.78 is 26.5. The predicted molar refractivity (Wildman–Crippen MR) is 81.2 cm³/mol. The molecule has 0 spiro atoms. The molecular weight excluding hydrogens is 274 g/mol. The minimum Gasteiger partial charge on any atom is -0.383 e. The topological polar surface area (TPSA) is 71.1 Å². The molecular formula is C14H23N3O2S. The molecule has 0 amide bonds. The molecule has 0 saturated heterocycles. The van der Waals surface area contributed by atoms with E-state index >= 15 is 0 Å². The first-order valence-corrected chi connectivity index (χ1v) is 8.84. The Morgan fingerprint density at radius 3 is 2.75 bits per heavy atom. The molecule has 20 heavy (non-hydrogen) atoms. The Labute approximate surface area is 121 Å². The van der Waals surface area contributed by atoms with E-state index < -0.39 is 10.0 Å². The van der Waals surface area contributed by atoms with Crippen LogP contribution in [0.25, 0.3) is 0 Å². The van der Waals surface area contributed by atoms with Crippen molar-refractivity contribution >= 4 is 15.7 Å². The van der Waals surface area contributed by atoms with Gasteiger partial charge in [0, 0.05) is 31.2 Å². The average molecular weight is 297 g/mol. The summed E-state index contributed by atoms with van der Waals surface area (Å²) >= 11 is 0. The molecule has 1 aliphatic rings. The van der Waals surface area contributed by atoms with Gasteiger partial charge in [-0.3, -0.25) is 4.98 Å². The van der Waals surface area contributed by atoms with Crippen molar-refractivity contribution in [2.45, 2.75) is 32.6 Å². The van der Waals surface area contributed by atoms with Crippen molar-refractivity contribution in [3.8, 4) is 0 Å². The Bertz CT molecular complexity index is 525. The molecule has 0 unspecified atom stereocenters. The second kappa shape index (κ2) is 7.04. The van der Waals surface area contributed by atoms with E-state index in [1.54, 1.807) is 12.4 Å². The van der Waals surface area contributed by atoms with Crippen LogP contribution in [0.1, 0.15) is 31.2 Å². The summed E-state index contributed by atoms with van der Waals surface area (Å²) in [6.45, 7) is 2.96. The summed E-state index contributed by atoms with van der Waals surface area (Å²) in [7, 11) is -3.13. The Morgan fingerprint density at radius 1 is 1.30 bits per heavy atom. The number of hydrogen-bond donors (Lipinski definition) is 2. The molecule has 0 atom stereocenters. The molecule has 0 bridgehead atoms. The van der Waals surface area contributed by atoms with Gasteiger partial charge >= 0.3 is 0 Å². The minimum absolute atomic E-state index is 0.279. The number of sulfonamides is 1. The van der Waals surface area contributed by atoms with Gasteiger partial charge < -0.3 is 5.32 Å². The van der Waals surface area contributed by atoms with E-state index in [1.165, 1.54) is 12.8 Å². The van der Waals surface area contributed by atoms with Gasteiger partial charge in [0.25, 0.3) is 0 Å². The molecule has 6 heteroatoms. The van der Waals surface area contributed by atoms with Crippen molar-refractivity contribution < 1.29 is 8.42 Å². The molecule has 5 nitrogen and oxygen atoms in total. The molecule has 2 N–H and O–H groups in total. The Kier molecular flexibility index (Phi) is 5.37. The van der Waals surface area contributed by atoms with Crippen molar-refractivity contribution in [2.75, 3.05) is 24.2 Å². The van der Waals surface area contributed by atoms with Gasteiger partial charge in [-0.25, -0.2) is 13.1 Å². The molecule has 0 aromatic carbocycles. The number of anilines is 1. The lowest BCUT2D eigenvalue weighted by atomic mass is 10.1. The SMILES string of the molecule is Cc1cnccc1NCCNS(=O)(=O)CC1CCCC1. The first-order valence-electron chi connectivity index (χ1n) is 7.19. The number of aromatic nitrogens is 1. The zero-order chi connectivity index (χ0) is 14.4. The van der Waals surface area contributed by atoms with Gasteiger partial charge in [0.1, 0.15) is 0 Å². The highest BCUT2D eigenvalue weighted by molar-refractivity contribution is 7.89. The van der Waals surface area contributed by atoms with Gasteiger partial charge in [-0.2, -0.15) is 0 Å². The Morgan fingerprint density at radius 2 is 2.05 bits per heavy atom. The highest BCUT2D eigenvalue weighted by atomic mass is 32.2. The molecule has 1 aromatic rings. The van der Waals surface area contributed by atoms with Crippen LogP contribution in [0.2, 0.25) is 0 Å². The Balaban J connectivity index is 1.71. The van der Waals surface area contributed by atoms with Gasteiger partial charge in [0.2, 0.25) is 10.0 Å². The van der Waals surface area contributed by atoms with E-state index in [1.807, 2.05) is 13.0 Å². The molecule has 1 aliphatic carbocycles. The van der Waals surface area contributed by atoms with E-state index in [-0.39, 0.29) is 5.75 Å². The van der Waals surface area contributed by atoms with E-state index in [0.717, 1.165) is 24.1 Å². The van der Waals surface area contributed by atoms with Gasteiger partial charge in [-0.15, -0.1) is 0 Å². The first-order chi connectivity index (χ1) is 9.57. The summed E-state index contributed by atoms with van der Waals surface area (Å²) in [5, 5.41) is 3.21. The first kappa shape index (κ1) is 15.3. The van der Waals surface area contributed by atoms with Crippen LogP contribution in [0.15, 0.2) is 18.5 Å². The summed E-state index contributed by atoms with van der Waals surface area (Å²) in [6, 6.07) is 1.89. The van der Waals surface area contributed by atoms with Crippen molar-refractivity contribution in [2.24, 2.45) is 5.92 Å². The third-order valence-electron chi connectivity index (χ3n) is 3.71. The number of pyridine rings is 1. The maximum atomic E-state index is 11.9. The van der Waals surface area contributed by atoms with Crippen LogP contribution in [0.3, 0.4) is 0 Å². The molecule has 1 aromatic heterocycles. The summed E-state index contributed by atoms with van der Waals surface area (Å²) in [5.41, 5.74) is 2.05. The Hall–Kier alpha value is -1.14. The standard InChI is InChI=1S/C14H23N3O2S/c1-12-10-15-7-6-14(12)16-8-9-17-20(18,19)11-13-4-2-3-5-13/h6-7,10,13,17H,2-5,8-9,11H2,1H3,(H,15,16). The fraction of sp³-hybridized carbons (Fsp3) is 0.643. The fourth-order valence-electron chi connectivity index (χ4n) is 2.62. The zero-order valence-electron chi connectivity index (χ0n) is 11.9. The summed E-state index contributed by atoms with van der Waals surface area (Å²) in [5.74, 6) is 0.629. The van der Waals surface area contributed by atoms with Crippen molar-refractivity contribution in [3.05, 3.63) is 24.0 Å². The molecule has 0 aliphatic heterocycles. The van der Waals surface area contributed by atoms with Crippen LogP contribution in [-0.2, 0) is 10.0 Å². The maximum absolute atomic E-state index is 11.9. The summed E-state index contributed by atoms with van der Waals surface area (Å²) in [4.78, 5) is 4.02. The van der Waals surface area contributed by atoms with Crippen molar-refractivity contribution in [1.29, 1.82) is 0 Å². The second-order valence-electron chi connectivity index (χ2n) is 5.44. The number of hydrogen-bond acceptors (Lipinski definition) is 4. The lowest BCUT2D eigenvalue weighted by Gasteiger charge is -2.12. The fourth-order valence-corrected chi connectivity index (χ4v) is 4.11. The van der Waals surface area contributed by atoms with Gasteiger partial charge in [-0.05, 0) is 37.3 Å². The number of nitrogens with one attached hydrogen (secondary N) is 2. The minimum atomic E-state index is -3.13. The van der Waals surface area contributed by atoms with Crippen LogP contribution < -0.4 is 10.0 Å². The smallest absolute Gasteiger partial charge is 0.211 e. The van der Waals surface area contributed by atoms with Gasteiger partial charge in [0.15, 0.2) is 0 Å².